The molecule has 134 valence electrons. The monoisotopic (exact) mass is 349 g/mol. The van der Waals surface area contributed by atoms with E-state index in [9.17, 15) is 4.79 Å². The Labute approximate surface area is 152 Å². The van der Waals surface area contributed by atoms with Crippen molar-refractivity contribution in [3.8, 4) is 0 Å². The molecule has 0 bridgehead atoms. The fourth-order valence-corrected chi connectivity index (χ4v) is 3.55. The Morgan fingerprint density at radius 2 is 2.19 bits per heavy atom. The lowest BCUT2D eigenvalue weighted by Gasteiger charge is -2.08. The predicted molar refractivity (Wildman–Crippen MR) is 100 cm³/mol. The Morgan fingerprint density at radius 1 is 1.27 bits per heavy atom. The number of pyridine rings is 2. The summed E-state index contributed by atoms with van der Waals surface area (Å²) in [6, 6.07) is 5.76. The van der Waals surface area contributed by atoms with Crippen molar-refractivity contribution in [2.75, 3.05) is 6.54 Å². The molecule has 1 aliphatic rings. The number of aromatic nitrogens is 4. The normalized spacial score (nSPS) is 14.0. The van der Waals surface area contributed by atoms with E-state index in [1.54, 1.807) is 6.20 Å². The molecule has 0 aromatic carbocycles. The van der Waals surface area contributed by atoms with Crippen molar-refractivity contribution < 1.29 is 4.79 Å². The van der Waals surface area contributed by atoms with E-state index in [-0.39, 0.29) is 5.91 Å². The number of carbonyl (C=O) groups excluding carboxylic acids is 1. The minimum Gasteiger partial charge on any atom is -0.352 e. The van der Waals surface area contributed by atoms with Gasteiger partial charge in [0, 0.05) is 37.6 Å². The molecule has 0 saturated heterocycles. The third-order valence-corrected chi connectivity index (χ3v) is 4.86. The van der Waals surface area contributed by atoms with Crippen molar-refractivity contribution in [2.24, 2.45) is 0 Å². The van der Waals surface area contributed by atoms with Crippen molar-refractivity contribution in [1.82, 2.24) is 24.8 Å². The number of imidazole rings is 1. The highest BCUT2D eigenvalue weighted by molar-refractivity contribution is 6.04. The number of carbonyl (C=O) groups is 1. The summed E-state index contributed by atoms with van der Waals surface area (Å²) >= 11 is 0. The molecule has 3 aromatic rings. The maximum Gasteiger partial charge on any atom is 0.253 e. The van der Waals surface area contributed by atoms with Crippen molar-refractivity contribution in [3.05, 3.63) is 53.2 Å². The fraction of sp³-hybridized carbons (Fsp3) is 0.400. The van der Waals surface area contributed by atoms with E-state index in [1.807, 2.05) is 31.3 Å². The molecule has 0 aliphatic carbocycles. The van der Waals surface area contributed by atoms with E-state index in [4.69, 9.17) is 4.98 Å². The summed E-state index contributed by atoms with van der Waals surface area (Å²) in [5.74, 6) is 0.970. The summed E-state index contributed by atoms with van der Waals surface area (Å²) in [5, 5.41) is 3.02. The van der Waals surface area contributed by atoms with Crippen LogP contribution in [-0.2, 0) is 19.4 Å². The van der Waals surface area contributed by atoms with Crippen LogP contribution in [0.25, 0.3) is 11.2 Å². The number of nitrogens with one attached hydrogen (secondary N) is 1. The van der Waals surface area contributed by atoms with Crippen LogP contribution in [0.3, 0.4) is 0 Å². The number of fused-ring (bicyclic) bond motifs is 3. The molecule has 4 heterocycles. The van der Waals surface area contributed by atoms with Crippen LogP contribution in [0.2, 0.25) is 0 Å². The Kier molecular flexibility index (Phi) is 4.65. The number of rotatable bonds is 4. The summed E-state index contributed by atoms with van der Waals surface area (Å²) in [6.45, 7) is 3.44. The highest BCUT2D eigenvalue weighted by Gasteiger charge is 2.20. The van der Waals surface area contributed by atoms with Crippen molar-refractivity contribution in [1.29, 1.82) is 0 Å². The van der Waals surface area contributed by atoms with E-state index in [0.717, 1.165) is 60.5 Å². The molecular formula is C20H23N5O. The standard InChI is InChI=1S/C20H23N5O/c1-14-12-16(20(26)22-10-8-15-6-5-9-21-13-15)18-19(23-14)25-11-4-2-3-7-17(25)24-18/h5-6,9,12-13H,2-4,7-8,10-11H2,1H3,(H,22,26). The van der Waals surface area contributed by atoms with Crippen molar-refractivity contribution in [3.63, 3.8) is 0 Å². The summed E-state index contributed by atoms with van der Waals surface area (Å²) < 4.78 is 2.20. The third-order valence-electron chi connectivity index (χ3n) is 4.86. The van der Waals surface area contributed by atoms with Gasteiger partial charge >= 0.3 is 0 Å². The molecule has 0 radical (unpaired) electrons. The van der Waals surface area contributed by atoms with Crippen LogP contribution >= 0.6 is 0 Å². The maximum absolute atomic E-state index is 12.8. The second-order valence-electron chi connectivity index (χ2n) is 6.84. The number of nitrogens with zero attached hydrogens (tertiary/aromatic N) is 4. The molecule has 0 atom stereocenters. The highest BCUT2D eigenvalue weighted by Crippen LogP contribution is 2.24. The smallest absolute Gasteiger partial charge is 0.253 e. The molecule has 1 aliphatic heterocycles. The minimum absolute atomic E-state index is 0.0855. The molecular weight excluding hydrogens is 326 g/mol. The van der Waals surface area contributed by atoms with Crippen molar-refractivity contribution >= 4 is 17.1 Å². The quantitative estimate of drug-likeness (QED) is 0.786. The topological polar surface area (TPSA) is 72.7 Å². The Balaban J connectivity index is 1.58. The van der Waals surface area contributed by atoms with E-state index in [2.05, 4.69) is 19.9 Å². The average Bonchev–Trinajstić information content (AvgIpc) is 2.83. The number of hydrogen-bond acceptors (Lipinski definition) is 4. The predicted octanol–water partition coefficient (Wildman–Crippen LogP) is 2.83. The molecule has 1 N–H and O–H groups in total. The molecule has 0 unspecified atom stereocenters. The minimum atomic E-state index is -0.0855. The van der Waals surface area contributed by atoms with Gasteiger partial charge in [0.15, 0.2) is 5.65 Å². The fourth-order valence-electron chi connectivity index (χ4n) is 3.55. The number of aryl methyl sites for hydroxylation is 3. The number of amides is 1. The molecule has 0 fully saturated rings. The van der Waals surface area contributed by atoms with Crippen LogP contribution in [0.1, 0.15) is 46.7 Å². The molecule has 0 spiro atoms. The van der Waals surface area contributed by atoms with Crippen LogP contribution in [0, 0.1) is 6.92 Å². The van der Waals surface area contributed by atoms with Gasteiger partial charge in [0.05, 0.1) is 5.56 Å². The lowest BCUT2D eigenvalue weighted by molar-refractivity contribution is 0.0955. The summed E-state index contributed by atoms with van der Waals surface area (Å²) in [7, 11) is 0. The molecule has 1 amide bonds. The lowest BCUT2D eigenvalue weighted by Crippen LogP contribution is -2.26. The molecule has 6 heteroatoms. The molecule has 6 nitrogen and oxygen atoms in total. The summed E-state index contributed by atoms with van der Waals surface area (Å²) in [6.07, 6.45) is 8.80. The largest absolute Gasteiger partial charge is 0.352 e. The summed E-state index contributed by atoms with van der Waals surface area (Å²) in [4.78, 5) is 26.3. The first-order valence-corrected chi connectivity index (χ1v) is 9.26. The van der Waals surface area contributed by atoms with E-state index < -0.39 is 0 Å². The van der Waals surface area contributed by atoms with Gasteiger partial charge in [-0.3, -0.25) is 9.78 Å². The van der Waals surface area contributed by atoms with Gasteiger partial charge < -0.3 is 9.88 Å². The zero-order valence-corrected chi connectivity index (χ0v) is 15.0. The van der Waals surface area contributed by atoms with Gasteiger partial charge in [0.2, 0.25) is 0 Å². The molecule has 4 rings (SSSR count). The Hall–Kier alpha value is -2.76. The SMILES string of the molecule is Cc1cc(C(=O)NCCc2cccnc2)c2nc3n(c2n1)CCCCC3. The second kappa shape index (κ2) is 7.23. The van der Waals surface area contributed by atoms with Gasteiger partial charge in [0.25, 0.3) is 5.91 Å². The zero-order valence-electron chi connectivity index (χ0n) is 15.0. The van der Waals surface area contributed by atoms with Gasteiger partial charge in [-0.25, -0.2) is 9.97 Å². The van der Waals surface area contributed by atoms with Gasteiger partial charge in [-0.1, -0.05) is 12.5 Å². The first-order valence-electron chi connectivity index (χ1n) is 9.26. The third kappa shape index (κ3) is 3.31. The number of hydrogen-bond donors (Lipinski definition) is 1. The first kappa shape index (κ1) is 16.7. The molecule has 3 aromatic heterocycles. The Morgan fingerprint density at radius 3 is 3.04 bits per heavy atom. The lowest BCUT2D eigenvalue weighted by atomic mass is 10.1. The van der Waals surface area contributed by atoms with Crippen LogP contribution < -0.4 is 5.32 Å². The van der Waals surface area contributed by atoms with E-state index in [0.29, 0.717) is 12.1 Å². The van der Waals surface area contributed by atoms with Crippen LogP contribution in [0.4, 0.5) is 0 Å². The van der Waals surface area contributed by atoms with E-state index >= 15 is 0 Å². The Bertz CT molecular complexity index is 932. The van der Waals surface area contributed by atoms with Crippen molar-refractivity contribution in [2.45, 2.75) is 45.6 Å². The zero-order chi connectivity index (χ0) is 17.9. The highest BCUT2D eigenvalue weighted by atomic mass is 16.1. The van der Waals surface area contributed by atoms with Crippen LogP contribution in [0.15, 0.2) is 30.6 Å². The molecule has 26 heavy (non-hydrogen) atoms. The first-order chi connectivity index (χ1) is 12.7. The van der Waals surface area contributed by atoms with Crippen LogP contribution in [-0.4, -0.2) is 32.0 Å². The maximum atomic E-state index is 12.8. The summed E-state index contributed by atoms with van der Waals surface area (Å²) in [5.41, 5.74) is 4.16. The molecule has 0 saturated carbocycles. The second-order valence-corrected chi connectivity index (χ2v) is 6.84. The van der Waals surface area contributed by atoms with E-state index in [1.165, 1.54) is 6.42 Å². The van der Waals surface area contributed by atoms with Crippen LogP contribution in [0.5, 0.6) is 0 Å². The average molecular weight is 349 g/mol. The van der Waals surface area contributed by atoms with Gasteiger partial charge in [-0.2, -0.15) is 0 Å². The van der Waals surface area contributed by atoms with Gasteiger partial charge in [-0.05, 0) is 43.9 Å². The van der Waals surface area contributed by atoms with Gasteiger partial charge in [0.1, 0.15) is 11.3 Å². The van der Waals surface area contributed by atoms with Gasteiger partial charge in [-0.15, -0.1) is 0 Å².